The number of carbonyl (C=O) groups excluding carboxylic acids is 2. The van der Waals surface area contributed by atoms with E-state index in [2.05, 4.69) is 33.8 Å². The fourth-order valence-electron chi connectivity index (χ4n) is 11.5. The van der Waals surface area contributed by atoms with Gasteiger partial charge in [-0.25, -0.2) is 4.39 Å². The number of Topliss-reactive ketones (excluding diaryl/α,β-unsaturated/α-hetero) is 1. The van der Waals surface area contributed by atoms with E-state index in [1.807, 2.05) is 41.3 Å². The number of benzene rings is 3. The summed E-state index contributed by atoms with van der Waals surface area (Å²) >= 11 is 6.45. The molecule has 7 unspecified atom stereocenters. The Kier molecular flexibility index (Phi) is 12.7. The number of ether oxygens (including phenoxy) is 2. The van der Waals surface area contributed by atoms with Crippen LogP contribution in [-0.4, -0.2) is 65.8 Å². The second-order valence-corrected chi connectivity index (χ2v) is 19.5. The van der Waals surface area contributed by atoms with Crippen LogP contribution in [0.15, 0.2) is 66.2 Å². The van der Waals surface area contributed by atoms with Gasteiger partial charge in [-0.15, -0.1) is 0 Å². The molecule has 7 nitrogen and oxygen atoms in total. The van der Waals surface area contributed by atoms with Crippen LogP contribution in [0.3, 0.4) is 0 Å². The number of carbonyl (C=O) groups is 2. The zero-order valence-corrected chi connectivity index (χ0v) is 36.5. The Hall–Kier alpha value is -3.72. The lowest BCUT2D eigenvalue weighted by Gasteiger charge is -2.61. The van der Waals surface area contributed by atoms with Crippen molar-refractivity contribution in [1.29, 1.82) is 0 Å². The number of allylic oxidation sites excluding steroid dienone is 2. The van der Waals surface area contributed by atoms with Gasteiger partial charge in [-0.3, -0.25) is 9.59 Å². The number of hydrogen-bond acceptors (Lipinski definition) is 6. The van der Waals surface area contributed by atoms with Crippen LogP contribution in [0.1, 0.15) is 124 Å². The van der Waals surface area contributed by atoms with Crippen molar-refractivity contribution in [2.75, 3.05) is 27.3 Å². The molecule has 3 aromatic carbocycles. The van der Waals surface area contributed by atoms with E-state index in [4.69, 9.17) is 21.1 Å². The van der Waals surface area contributed by atoms with Gasteiger partial charge in [0.1, 0.15) is 5.82 Å². The molecule has 2 N–H and O–H groups in total. The van der Waals surface area contributed by atoms with Crippen LogP contribution in [-0.2, 0) is 24.1 Å². The highest BCUT2D eigenvalue weighted by molar-refractivity contribution is 6.31. The van der Waals surface area contributed by atoms with Crippen molar-refractivity contribution in [3.05, 3.63) is 105 Å². The number of fused-ring (bicyclic) bond motifs is 10. The predicted molar refractivity (Wildman–Crippen MR) is 231 cm³/mol. The van der Waals surface area contributed by atoms with Crippen LogP contribution in [0, 0.1) is 34.4 Å². The highest BCUT2D eigenvalue weighted by Gasteiger charge is 2.59. The quantitative estimate of drug-likeness (QED) is 0.148. The Morgan fingerprint density at radius 3 is 2.44 bits per heavy atom. The van der Waals surface area contributed by atoms with Crippen LogP contribution in [0.5, 0.6) is 11.5 Å². The highest BCUT2D eigenvalue weighted by Crippen LogP contribution is 2.62. The Labute approximate surface area is 355 Å². The summed E-state index contributed by atoms with van der Waals surface area (Å²) in [5.74, 6) is 1.70. The minimum Gasteiger partial charge on any atom is -0.493 e. The molecular formula is C50H63ClFNO6. The van der Waals surface area contributed by atoms with Crippen LogP contribution in [0.2, 0.25) is 5.02 Å². The predicted octanol–water partition coefficient (Wildman–Crippen LogP) is 10.1. The van der Waals surface area contributed by atoms with Gasteiger partial charge in [0.05, 0.1) is 32.3 Å². The number of hydrogen-bond donors (Lipinski definition) is 2. The van der Waals surface area contributed by atoms with Crippen molar-refractivity contribution in [1.82, 2.24) is 4.90 Å². The van der Waals surface area contributed by atoms with Gasteiger partial charge in [0.2, 0.25) is 5.91 Å². The molecular weight excluding hydrogens is 765 g/mol. The largest absolute Gasteiger partial charge is 0.493 e. The molecule has 4 fully saturated rings. The van der Waals surface area contributed by atoms with E-state index in [1.54, 1.807) is 20.3 Å². The first-order chi connectivity index (χ1) is 28.1. The van der Waals surface area contributed by atoms with Crippen molar-refractivity contribution in [2.24, 2.45) is 28.6 Å². The van der Waals surface area contributed by atoms with Crippen molar-refractivity contribution >= 4 is 23.3 Å². The lowest BCUT2D eigenvalue weighted by Crippen LogP contribution is -2.58. The van der Waals surface area contributed by atoms with Gasteiger partial charge < -0.3 is 24.6 Å². The maximum atomic E-state index is 15.1. The normalized spacial score (nSPS) is 28.8. The smallest absolute Gasteiger partial charge is 0.227 e. The van der Waals surface area contributed by atoms with Crippen LogP contribution >= 0.6 is 11.6 Å². The topological polar surface area (TPSA) is 96.3 Å². The summed E-state index contributed by atoms with van der Waals surface area (Å²) in [5, 5.41) is 24.6. The number of aliphatic hydroxyl groups is 2. The van der Waals surface area contributed by atoms with Gasteiger partial charge in [-0.05, 0) is 147 Å². The van der Waals surface area contributed by atoms with Crippen LogP contribution in [0.25, 0.3) is 0 Å². The molecule has 0 radical (unpaired) electrons. The van der Waals surface area contributed by atoms with E-state index in [9.17, 15) is 19.8 Å². The Balaban J connectivity index is 1.27. The minimum absolute atomic E-state index is 0.0332. The SMILES string of the molecule is COc1ccc(CC(=O)N(CC2CCC3CC2C3(C)C)CC2(O)CCC3c4ccc(cc4C(=O)Cc4c(F)cccc4Cl)CC(O)CCC(C)=CCCC32C)cc1OC. The van der Waals surface area contributed by atoms with E-state index < -0.39 is 22.9 Å². The lowest BCUT2D eigenvalue weighted by atomic mass is 9.45. The number of ketones is 1. The molecule has 1 amide bonds. The molecule has 59 heavy (non-hydrogen) atoms. The molecule has 7 atom stereocenters. The van der Waals surface area contributed by atoms with Crippen LogP contribution in [0.4, 0.5) is 4.39 Å². The summed E-state index contributed by atoms with van der Waals surface area (Å²) < 4.78 is 26.2. The zero-order valence-electron chi connectivity index (χ0n) is 35.8. The van der Waals surface area contributed by atoms with Gasteiger partial charge >= 0.3 is 0 Å². The van der Waals surface area contributed by atoms with Crippen LogP contribution < -0.4 is 9.47 Å². The number of rotatable bonds is 11. The van der Waals surface area contributed by atoms with Gasteiger partial charge in [0.15, 0.2) is 17.3 Å². The van der Waals surface area contributed by atoms with Gasteiger partial charge in [-0.2, -0.15) is 0 Å². The maximum Gasteiger partial charge on any atom is 0.227 e. The van der Waals surface area contributed by atoms with Gasteiger partial charge in [-0.1, -0.05) is 68.3 Å². The molecule has 9 heteroatoms. The molecule has 0 spiro atoms. The summed E-state index contributed by atoms with van der Waals surface area (Å²) in [6.45, 7) is 9.76. The molecule has 0 saturated heterocycles. The molecule has 9 rings (SSSR count). The molecule has 3 aromatic rings. The van der Waals surface area contributed by atoms with Crippen molar-refractivity contribution in [2.45, 2.75) is 122 Å². The fourth-order valence-corrected chi connectivity index (χ4v) is 11.7. The minimum atomic E-state index is -1.28. The van der Waals surface area contributed by atoms with E-state index in [0.29, 0.717) is 74.0 Å². The summed E-state index contributed by atoms with van der Waals surface area (Å²) in [6, 6.07) is 15.9. The third-order valence-electron chi connectivity index (χ3n) is 15.4. The van der Waals surface area contributed by atoms with Crippen molar-refractivity contribution in [3.8, 4) is 11.5 Å². The number of nitrogens with zero attached hydrogens (tertiary/aromatic N) is 1. The number of amides is 1. The lowest BCUT2D eigenvalue weighted by molar-refractivity contribution is -0.149. The van der Waals surface area contributed by atoms with E-state index in [0.717, 1.165) is 41.9 Å². The van der Waals surface area contributed by atoms with Gasteiger partial charge in [0.25, 0.3) is 0 Å². The molecule has 0 aromatic heterocycles. The van der Waals surface area contributed by atoms with Crippen molar-refractivity contribution < 1.29 is 33.7 Å². The molecule has 6 aliphatic rings. The highest BCUT2D eigenvalue weighted by atomic mass is 35.5. The number of halogens is 2. The fraction of sp³-hybridized carbons (Fsp3) is 0.560. The van der Waals surface area contributed by atoms with E-state index in [-0.39, 0.29) is 53.0 Å². The van der Waals surface area contributed by atoms with Crippen molar-refractivity contribution in [3.63, 3.8) is 0 Å². The summed E-state index contributed by atoms with van der Waals surface area (Å²) in [6.07, 6.45) is 9.09. The molecule has 0 heterocycles. The third kappa shape index (κ3) is 8.61. The van der Waals surface area contributed by atoms with E-state index >= 15 is 4.39 Å². The summed E-state index contributed by atoms with van der Waals surface area (Å²) in [7, 11) is 3.18. The average molecular weight is 829 g/mol. The molecule has 6 aliphatic carbocycles. The first kappa shape index (κ1) is 43.4. The molecule has 318 valence electrons. The molecule has 4 bridgehead atoms. The average Bonchev–Trinajstić information content (AvgIpc) is 3.46. The Morgan fingerprint density at radius 1 is 0.949 bits per heavy atom. The standard InChI is InChI=1S/C50H63ClFNO6/c1-31-9-8-21-49(4)40(37-18-13-32(23-36(54)17-12-31)24-38(37)44(55)28-39-42(51)10-7-11-43(39)52)20-22-50(49,57)30-53(29-34-15-16-35-27-41(34)48(35,2)3)47(56)26-33-14-19-45(58-5)46(25-33)59-6/h7,9-11,13-14,18-19,24-25,34-36,40-41,54,57H,8,12,15-17,20-23,26-30H2,1-6H3. The second-order valence-electron chi connectivity index (χ2n) is 19.1. The van der Waals surface area contributed by atoms with E-state index in [1.165, 1.54) is 24.1 Å². The molecule has 4 saturated carbocycles. The second kappa shape index (κ2) is 17.3. The number of methoxy groups -OCH3 is 2. The van der Waals surface area contributed by atoms with Gasteiger partial charge in [0, 0.05) is 41.1 Å². The Morgan fingerprint density at radius 2 is 1.73 bits per heavy atom. The zero-order chi connectivity index (χ0) is 42.3. The number of aliphatic hydroxyl groups excluding tert-OH is 1. The maximum absolute atomic E-state index is 15.1. The third-order valence-corrected chi connectivity index (χ3v) is 15.8. The molecule has 0 aliphatic heterocycles. The summed E-state index contributed by atoms with van der Waals surface area (Å²) in [4.78, 5) is 31.2. The first-order valence-electron chi connectivity index (χ1n) is 21.7. The monoisotopic (exact) mass is 827 g/mol. The summed E-state index contributed by atoms with van der Waals surface area (Å²) in [5.41, 5.74) is 2.50. The first-order valence-corrected chi connectivity index (χ1v) is 22.1. The Bertz CT molecular complexity index is 2060.